The van der Waals surface area contributed by atoms with Gasteiger partial charge in [0.25, 0.3) is 0 Å². The number of nitrogens with zero attached hydrogens (tertiary/aromatic N) is 2. The zero-order valence-electron chi connectivity index (χ0n) is 15.4. The Labute approximate surface area is 155 Å². The highest BCUT2D eigenvalue weighted by atomic mass is 19.1. The van der Waals surface area contributed by atoms with Crippen molar-refractivity contribution in [2.24, 2.45) is 0 Å². The van der Waals surface area contributed by atoms with E-state index in [0.29, 0.717) is 22.6 Å². The molecule has 136 valence electrons. The third-order valence-corrected chi connectivity index (χ3v) is 4.82. The van der Waals surface area contributed by atoms with Crippen LogP contribution in [0.1, 0.15) is 32.9 Å². The minimum absolute atomic E-state index is 0.0571. The fourth-order valence-electron chi connectivity index (χ4n) is 3.17. The lowest BCUT2D eigenvalue weighted by molar-refractivity contribution is 0.0987. The molecule has 0 aliphatic rings. The van der Waals surface area contributed by atoms with E-state index in [-0.39, 0.29) is 18.0 Å². The van der Waals surface area contributed by atoms with Crippen LogP contribution in [-0.4, -0.2) is 25.9 Å². The van der Waals surface area contributed by atoms with Crippen molar-refractivity contribution in [1.82, 2.24) is 20.2 Å². The summed E-state index contributed by atoms with van der Waals surface area (Å²) in [4.78, 5) is 20.1. The molecule has 0 aliphatic carbocycles. The molecule has 4 rings (SSSR count). The second-order valence-electron chi connectivity index (χ2n) is 6.87. The van der Waals surface area contributed by atoms with Gasteiger partial charge in [-0.2, -0.15) is 5.10 Å². The van der Waals surface area contributed by atoms with Gasteiger partial charge < -0.3 is 4.98 Å². The first-order valence-corrected chi connectivity index (χ1v) is 8.71. The normalized spacial score (nSPS) is 11.3. The van der Waals surface area contributed by atoms with Gasteiger partial charge in [-0.15, -0.1) is 0 Å². The molecule has 2 N–H and O–H groups in total. The lowest BCUT2D eigenvalue weighted by Crippen LogP contribution is -2.06. The zero-order chi connectivity index (χ0) is 19.1. The lowest BCUT2D eigenvalue weighted by Gasteiger charge is -2.01. The summed E-state index contributed by atoms with van der Waals surface area (Å²) in [5, 5.41) is 7.77. The van der Waals surface area contributed by atoms with Crippen LogP contribution in [0.2, 0.25) is 0 Å². The van der Waals surface area contributed by atoms with Gasteiger partial charge in [0.05, 0.1) is 5.69 Å². The average molecular weight is 362 g/mol. The van der Waals surface area contributed by atoms with E-state index in [1.54, 1.807) is 12.3 Å². The zero-order valence-corrected chi connectivity index (χ0v) is 15.4. The predicted octanol–water partition coefficient (Wildman–Crippen LogP) is 4.44. The van der Waals surface area contributed by atoms with Crippen LogP contribution in [0.3, 0.4) is 0 Å². The smallest absolute Gasteiger partial charge is 0.187 e. The molecule has 0 fully saturated rings. The summed E-state index contributed by atoms with van der Waals surface area (Å²) in [7, 11) is 0. The van der Waals surface area contributed by atoms with Crippen LogP contribution < -0.4 is 0 Å². The summed E-state index contributed by atoms with van der Waals surface area (Å²) < 4.78 is 14.2. The number of carbonyl (C=O) groups excluding carboxylic acids is 1. The molecule has 0 saturated carbocycles. The summed E-state index contributed by atoms with van der Waals surface area (Å²) in [6.07, 6.45) is 1.88. The van der Waals surface area contributed by atoms with E-state index in [1.165, 1.54) is 6.07 Å². The van der Waals surface area contributed by atoms with E-state index in [4.69, 9.17) is 0 Å². The van der Waals surface area contributed by atoms with E-state index in [9.17, 15) is 9.18 Å². The molecule has 0 aliphatic heterocycles. The quantitative estimate of drug-likeness (QED) is 0.527. The van der Waals surface area contributed by atoms with Gasteiger partial charge in [-0.05, 0) is 56.2 Å². The number of ketones is 1. The average Bonchev–Trinajstić information content (AvgIpc) is 3.18. The second-order valence-corrected chi connectivity index (χ2v) is 6.87. The number of fused-ring (bicyclic) bond motifs is 1. The molecule has 0 bridgehead atoms. The van der Waals surface area contributed by atoms with Crippen LogP contribution >= 0.6 is 0 Å². The molecule has 0 amide bonds. The maximum Gasteiger partial charge on any atom is 0.187 e. The van der Waals surface area contributed by atoms with E-state index >= 15 is 0 Å². The number of aromatic amines is 2. The highest BCUT2D eigenvalue weighted by Gasteiger charge is 2.16. The number of hydrogen-bond donors (Lipinski definition) is 2. The Hall–Kier alpha value is -3.28. The molecular weight excluding hydrogens is 343 g/mol. The number of H-pyrrole nitrogens is 2. The molecule has 1 aromatic carbocycles. The van der Waals surface area contributed by atoms with Crippen LogP contribution in [-0.2, 0) is 6.42 Å². The Bertz CT molecular complexity index is 1170. The minimum Gasteiger partial charge on any atom is -0.339 e. The topological polar surface area (TPSA) is 74.4 Å². The van der Waals surface area contributed by atoms with E-state index in [0.717, 1.165) is 27.8 Å². The number of nitrogens with one attached hydrogen (secondary N) is 2. The maximum absolute atomic E-state index is 14.2. The van der Waals surface area contributed by atoms with Gasteiger partial charge in [-0.25, -0.2) is 9.37 Å². The number of Topliss-reactive ketones (excluding diaryl/α,β-unsaturated/α-hetero) is 1. The predicted molar refractivity (Wildman–Crippen MR) is 102 cm³/mol. The van der Waals surface area contributed by atoms with Gasteiger partial charge in [0.2, 0.25) is 0 Å². The number of hydrogen-bond acceptors (Lipinski definition) is 3. The summed E-state index contributed by atoms with van der Waals surface area (Å²) >= 11 is 0. The summed E-state index contributed by atoms with van der Waals surface area (Å²) in [6, 6.07) is 8.89. The molecule has 5 nitrogen and oxygen atoms in total. The summed E-state index contributed by atoms with van der Waals surface area (Å²) in [5.41, 5.74) is 5.71. The van der Waals surface area contributed by atoms with Crippen LogP contribution in [0.5, 0.6) is 0 Å². The number of halogens is 1. The lowest BCUT2D eigenvalue weighted by atomic mass is 10.0. The van der Waals surface area contributed by atoms with Crippen molar-refractivity contribution in [3.63, 3.8) is 0 Å². The van der Waals surface area contributed by atoms with Crippen molar-refractivity contribution in [3.8, 4) is 11.3 Å². The Kier molecular flexibility index (Phi) is 4.11. The van der Waals surface area contributed by atoms with Crippen LogP contribution in [0.15, 0.2) is 36.5 Å². The third-order valence-electron chi connectivity index (χ3n) is 4.82. The molecule has 3 heterocycles. The fraction of sp³-hybridized carbons (Fsp3) is 0.190. The van der Waals surface area contributed by atoms with Gasteiger partial charge in [0.1, 0.15) is 17.2 Å². The van der Waals surface area contributed by atoms with E-state index in [2.05, 4.69) is 20.2 Å². The SMILES string of the molecule is Cc1ccc(-c2cc3cc(CC(=O)c4n[nH]c(C)c4C)cnc3[nH]2)c(F)c1. The molecule has 0 radical (unpaired) electrons. The van der Waals surface area contributed by atoms with Gasteiger partial charge in [-0.3, -0.25) is 9.89 Å². The van der Waals surface area contributed by atoms with Gasteiger partial charge in [-0.1, -0.05) is 6.07 Å². The van der Waals surface area contributed by atoms with Crippen molar-refractivity contribution in [1.29, 1.82) is 0 Å². The fourth-order valence-corrected chi connectivity index (χ4v) is 3.17. The van der Waals surface area contributed by atoms with Crippen LogP contribution in [0.25, 0.3) is 22.3 Å². The van der Waals surface area contributed by atoms with Crippen molar-refractivity contribution in [3.05, 3.63) is 70.4 Å². The first-order chi connectivity index (χ1) is 12.9. The highest BCUT2D eigenvalue weighted by Crippen LogP contribution is 2.27. The molecule has 0 spiro atoms. The minimum atomic E-state index is -0.277. The van der Waals surface area contributed by atoms with E-state index < -0.39 is 0 Å². The second kappa shape index (κ2) is 6.46. The Morgan fingerprint density at radius 3 is 2.67 bits per heavy atom. The number of aromatic nitrogens is 4. The molecule has 6 heteroatoms. The largest absolute Gasteiger partial charge is 0.339 e. The first kappa shape index (κ1) is 17.1. The van der Waals surface area contributed by atoms with Gasteiger partial charge >= 0.3 is 0 Å². The Balaban J connectivity index is 1.65. The molecule has 4 aromatic rings. The maximum atomic E-state index is 14.2. The van der Waals surface area contributed by atoms with Gasteiger partial charge in [0.15, 0.2) is 5.78 Å². The number of pyridine rings is 1. The summed E-state index contributed by atoms with van der Waals surface area (Å²) in [6.45, 7) is 5.62. The Morgan fingerprint density at radius 2 is 1.96 bits per heavy atom. The number of aryl methyl sites for hydroxylation is 2. The number of benzene rings is 1. The third kappa shape index (κ3) is 3.14. The van der Waals surface area contributed by atoms with Crippen molar-refractivity contribution < 1.29 is 9.18 Å². The standard InChI is InChI=1S/C21H19FN4O/c1-11-4-5-16(17(22)6-11)18-9-15-7-14(10-23-21(15)24-18)8-19(27)20-12(2)13(3)25-26-20/h4-7,9-10H,8H2,1-3H3,(H,23,24)(H,25,26). The Morgan fingerprint density at radius 1 is 1.15 bits per heavy atom. The van der Waals surface area contributed by atoms with Crippen LogP contribution in [0, 0.1) is 26.6 Å². The monoisotopic (exact) mass is 362 g/mol. The molecular formula is C21H19FN4O. The van der Waals surface area contributed by atoms with E-state index in [1.807, 2.05) is 39.0 Å². The molecule has 0 atom stereocenters. The van der Waals surface area contributed by atoms with Crippen molar-refractivity contribution in [2.45, 2.75) is 27.2 Å². The number of rotatable bonds is 4. The number of carbonyl (C=O) groups is 1. The summed E-state index contributed by atoms with van der Waals surface area (Å²) in [5.74, 6) is -0.334. The molecule has 3 aromatic heterocycles. The van der Waals surface area contributed by atoms with Crippen molar-refractivity contribution in [2.75, 3.05) is 0 Å². The van der Waals surface area contributed by atoms with Crippen LogP contribution in [0.4, 0.5) is 4.39 Å². The highest BCUT2D eigenvalue weighted by molar-refractivity contribution is 5.97. The van der Waals surface area contributed by atoms with Gasteiger partial charge in [0, 0.05) is 34.8 Å². The molecule has 0 saturated heterocycles. The van der Waals surface area contributed by atoms with Crippen molar-refractivity contribution >= 4 is 16.8 Å². The first-order valence-electron chi connectivity index (χ1n) is 8.71. The molecule has 0 unspecified atom stereocenters. The molecule has 27 heavy (non-hydrogen) atoms.